The predicted octanol–water partition coefficient (Wildman–Crippen LogP) is 3.15. The fraction of sp³-hybridized carbons (Fsp3) is 0.125. The van der Waals surface area contributed by atoms with Gasteiger partial charge in [-0.15, -0.1) is 5.10 Å². The van der Waals surface area contributed by atoms with Crippen molar-refractivity contribution in [1.82, 2.24) is 10.3 Å². The van der Waals surface area contributed by atoms with Crippen molar-refractivity contribution < 1.29 is 14.3 Å². The van der Waals surface area contributed by atoms with E-state index in [1.54, 1.807) is 5.01 Å². The Balaban J connectivity index is 1.40. The van der Waals surface area contributed by atoms with Crippen LogP contribution >= 0.6 is 23.4 Å². The van der Waals surface area contributed by atoms with Crippen molar-refractivity contribution >= 4 is 40.1 Å². The minimum Gasteiger partial charge on any atom is -0.454 e. The number of nitrogens with one attached hydrogen (secondary N) is 1. The molecule has 1 amide bonds. The lowest BCUT2D eigenvalue weighted by Crippen LogP contribution is -2.50. The number of nitrogens with zero attached hydrogens (tertiary/aromatic N) is 3. The largest absolute Gasteiger partial charge is 0.454 e. The molecule has 0 aliphatic carbocycles. The molecule has 3 aliphatic rings. The number of carbonyl (C=O) groups excluding carboxylic acids is 1. The van der Waals surface area contributed by atoms with Crippen LogP contribution in [0, 0.1) is 0 Å². The van der Waals surface area contributed by atoms with Crippen LogP contribution in [0.2, 0.25) is 5.02 Å². The van der Waals surface area contributed by atoms with Gasteiger partial charge < -0.3 is 9.47 Å². The Morgan fingerprint density at radius 1 is 1.06 bits per heavy atom. The molecule has 3 aliphatic heterocycles. The number of hydrogen-bond acceptors (Lipinski definition) is 7. The van der Waals surface area contributed by atoms with E-state index < -0.39 is 6.17 Å². The van der Waals surface area contributed by atoms with Crippen LogP contribution in [0.25, 0.3) is 5.70 Å². The third-order valence-corrected chi connectivity index (χ3v) is 6.69. The second-order valence-electron chi connectivity index (χ2n) is 7.60. The number of hydrogen-bond donors (Lipinski definition) is 1. The first-order valence-electron chi connectivity index (χ1n) is 10.3. The topological polar surface area (TPSA) is 75.5 Å². The number of halogens is 1. The fourth-order valence-corrected chi connectivity index (χ4v) is 4.85. The van der Waals surface area contributed by atoms with Crippen molar-refractivity contribution in [2.75, 3.05) is 6.79 Å². The molecule has 164 valence electrons. The maximum Gasteiger partial charge on any atom is 0.276 e. The van der Waals surface area contributed by atoms with Crippen LogP contribution in [0.4, 0.5) is 0 Å². The van der Waals surface area contributed by atoms with Crippen LogP contribution in [-0.4, -0.2) is 22.9 Å². The number of rotatable bonds is 3. The first kappa shape index (κ1) is 20.1. The van der Waals surface area contributed by atoms with E-state index in [0.29, 0.717) is 33.1 Å². The smallest absolute Gasteiger partial charge is 0.276 e. The highest BCUT2D eigenvalue weighted by Gasteiger charge is 2.35. The molecule has 0 aromatic heterocycles. The third-order valence-electron chi connectivity index (χ3n) is 5.50. The summed E-state index contributed by atoms with van der Waals surface area (Å²) in [4.78, 5) is 18.2. The number of para-hydroxylation sites is 1. The highest BCUT2D eigenvalue weighted by molar-refractivity contribution is 8.13. The summed E-state index contributed by atoms with van der Waals surface area (Å²) < 4.78 is 11.0. The summed E-state index contributed by atoms with van der Waals surface area (Å²) in [5, 5.41) is 12.1. The zero-order valence-electron chi connectivity index (χ0n) is 17.2. The summed E-state index contributed by atoms with van der Waals surface area (Å²) in [5.74, 6) is 1.78. The van der Waals surface area contributed by atoms with Crippen LogP contribution < -0.4 is 25.4 Å². The average molecular weight is 477 g/mol. The summed E-state index contributed by atoms with van der Waals surface area (Å²) >= 11 is 7.43. The molecule has 0 bridgehead atoms. The van der Waals surface area contributed by atoms with Crippen molar-refractivity contribution in [1.29, 1.82) is 0 Å². The monoisotopic (exact) mass is 476 g/mol. The molecule has 0 saturated carbocycles. The van der Waals surface area contributed by atoms with Crippen LogP contribution in [0.15, 0.2) is 76.8 Å². The van der Waals surface area contributed by atoms with Crippen molar-refractivity contribution in [3.8, 4) is 11.5 Å². The lowest BCUT2D eigenvalue weighted by molar-refractivity contribution is -0.116. The van der Waals surface area contributed by atoms with Gasteiger partial charge >= 0.3 is 0 Å². The SMILES string of the molecule is O=C1NC(SCc2ccc(Cl)cc2)=NN2C1=c1ccccc1=N[C@@H]2c1ccc2c(c1)OCO2. The standard InChI is InChI=1S/C24H17ClN4O3S/c25-16-8-5-14(6-9-16)12-33-24-27-23(30)21-17-3-1-2-4-18(17)26-22(29(21)28-24)15-7-10-19-20(11-15)32-13-31-19/h1-11,22H,12-13H2,(H,27,28,30)/t22-/m0/s1. The van der Waals surface area contributed by atoms with Crippen molar-refractivity contribution in [2.24, 2.45) is 10.1 Å². The van der Waals surface area contributed by atoms with Gasteiger partial charge in [0.25, 0.3) is 5.91 Å². The van der Waals surface area contributed by atoms with Gasteiger partial charge in [-0.2, -0.15) is 0 Å². The number of amides is 1. The average Bonchev–Trinajstić information content (AvgIpc) is 3.31. The second-order valence-corrected chi connectivity index (χ2v) is 9.00. The molecule has 33 heavy (non-hydrogen) atoms. The summed E-state index contributed by atoms with van der Waals surface area (Å²) in [6, 6.07) is 20.9. The number of carbonyl (C=O) groups is 1. The summed E-state index contributed by atoms with van der Waals surface area (Å²) in [6.07, 6.45) is -0.512. The number of hydrazone groups is 1. The molecule has 6 rings (SSSR count). The van der Waals surface area contributed by atoms with E-state index in [1.807, 2.05) is 66.7 Å². The fourth-order valence-electron chi connectivity index (χ4n) is 3.92. The number of benzene rings is 3. The van der Waals surface area contributed by atoms with Crippen LogP contribution in [0.3, 0.4) is 0 Å². The Labute approximate surface area is 198 Å². The molecule has 0 spiro atoms. The van der Waals surface area contributed by atoms with Crippen molar-refractivity contribution in [3.63, 3.8) is 0 Å². The number of thioether (sulfide) groups is 1. The van der Waals surface area contributed by atoms with Crippen LogP contribution in [0.5, 0.6) is 11.5 Å². The molecule has 7 nitrogen and oxygen atoms in total. The van der Waals surface area contributed by atoms with Crippen molar-refractivity contribution in [3.05, 3.63) is 93.5 Å². The zero-order chi connectivity index (χ0) is 22.4. The quantitative estimate of drug-likeness (QED) is 0.628. The van der Waals surface area contributed by atoms with Crippen LogP contribution in [-0.2, 0) is 10.5 Å². The van der Waals surface area contributed by atoms with Gasteiger partial charge in [0.2, 0.25) is 6.79 Å². The highest BCUT2D eigenvalue weighted by atomic mass is 35.5. The predicted molar refractivity (Wildman–Crippen MR) is 126 cm³/mol. The molecule has 3 aromatic carbocycles. The third kappa shape index (κ3) is 3.71. The Bertz CT molecular complexity index is 1420. The Hall–Kier alpha value is -3.49. The van der Waals surface area contributed by atoms with Gasteiger partial charge in [0.05, 0.1) is 5.36 Å². The normalized spacial score (nSPS) is 18.2. The molecular weight excluding hydrogens is 460 g/mol. The van der Waals surface area contributed by atoms with Gasteiger partial charge in [0.1, 0.15) is 5.70 Å². The zero-order valence-corrected chi connectivity index (χ0v) is 18.8. The molecule has 0 unspecified atom stereocenters. The first-order chi connectivity index (χ1) is 16.2. The summed E-state index contributed by atoms with van der Waals surface area (Å²) in [6.45, 7) is 0.191. The van der Waals surface area contributed by atoms with E-state index in [-0.39, 0.29) is 12.7 Å². The lowest BCUT2D eigenvalue weighted by Gasteiger charge is -2.34. The number of ether oxygens (including phenoxy) is 2. The van der Waals surface area contributed by atoms with E-state index in [1.165, 1.54) is 11.8 Å². The molecule has 0 radical (unpaired) electrons. The van der Waals surface area contributed by atoms with Gasteiger partial charge in [-0.25, -0.2) is 5.01 Å². The second kappa shape index (κ2) is 8.13. The van der Waals surface area contributed by atoms with Gasteiger partial charge in [-0.1, -0.05) is 59.8 Å². The first-order valence-corrected chi connectivity index (χ1v) is 11.7. The summed E-state index contributed by atoms with van der Waals surface area (Å²) in [7, 11) is 0. The van der Waals surface area contributed by atoms with Crippen LogP contribution in [0.1, 0.15) is 17.3 Å². The molecule has 3 heterocycles. The number of fused-ring (bicyclic) bond motifs is 3. The number of amidine groups is 1. The van der Waals surface area contributed by atoms with Gasteiger partial charge in [-0.3, -0.25) is 15.1 Å². The van der Waals surface area contributed by atoms with Gasteiger partial charge in [0, 0.05) is 21.6 Å². The maximum absolute atomic E-state index is 13.2. The highest BCUT2D eigenvalue weighted by Crippen LogP contribution is 2.38. The minimum atomic E-state index is -0.512. The Morgan fingerprint density at radius 2 is 1.88 bits per heavy atom. The lowest BCUT2D eigenvalue weighted by atomic mass is 10.1. The molecule has 1 N–H and O–H groups in total. The van der Waals surface area contributed by atoms with E-state index in [0.717, 1.165) is 21.7 Å². The minimum absolute atomic E-state index is 0.191. The Morgan fingerprint density at radius 3 is 2.76 bits per heavy atom. The Kier molecular flexibility index (Phi) is 4.96. The van der Waals surface area contributed by atoms with Gasteiger partial charge in [-0.05, 0) is 35.9 Å². The van der Waals surface area contributed by atoms with E-state index >= 15 is 0 Å². The van der Waals surface area contributed by atoms with E-state index in [4.69, 9.17) is 31.2 Å². The van der Waals surface area contributed by atoms with E-state index in [2.05, 4.69) is 5.32 Å². The van der Waals surface area contributed by atoms with E-state index in [9.17, 15) is 4.79 Å². The van der Waals surface area contributed by atoms with Gasteiger partial charge in [0.15, 0.2) is 22.8 Å². The van der Waals surface area contributed by atoms with Crippen molar-refractivity contribution in [2.45, 2.75) is 11.9 Å². The summed E-state index contributed by atoms with van der Waals surface area (Å²) in [5.41, 5.74) is 2.41. The molecule has 3 aromatic rings. The molecular formula is C24H17ClN4O3S. The molecule has 0 saturated heterocycles. The molecule has 0 fully saturated rings. The molecule has 9 heteroatoms. The molecule has 1 atom stereocenters. The maximum atomic E-state index is 13.2.